The lowest BCUT2D eigenvalue weighted by molar-refractivity contribution is -0.204. The molecule has 2 N–H and O–H groups in total. The number of nitrogens with zero attached hydrogens (tertiary/aromatic N) is 1. The van der Waals surface area contributed by atoms with E-state index in [1.165, 1.54) is 31.2 Å². The molecular formula is C23H24F3N3O3S. The molecule has 0 aliphatic heterocycles. The molecule has 1 atom stereocenters. The van der Waals surface area contributed by atoms with E-state index in [1.54, 1.807) is 6.07 Å². The molecular weight excluding hydrogens is 455 g/mol. The van der Waals surface area contributed by atoms with E-state index >= 15 is 0 Å². The summed E-state index contributed by atoms with van der Waals surface area (Å²) in [7, 11) is 0. The Labute approximate surface area is 193 Å². The Kier molecular flexibility index (Phi) is 7.64. The quantitative estimate of drug-likeness (QED) is 0.452. The van der Waals surface area contributed by atoms with Crippen LogP contribution in [0.3, 0.4) is 0 Å². The second-order valence-corrected chi connectivity index (χ2v) is 8.75. The Morgan fingerprint density at radius 3 is 2.39 bits per heavy atom. The summed E-state index contributed by atoms with van der Waals surface area (Å²) in [5.41, 5.74) is -2.85. The number of carbonyl (C=O) groups is 2. The maximum absolute atomic E-state index is 14.5. The van der Waals surface area contributed by atoms with Gasteiger partial charge in [0.05, 0.1) is 12.2 Å². The van der Waals surface area contributed by atoms with Crippen LogP contribution in [0.5, 0.6) is 0 Å². The first-order valence-electron chi connectivity index (χ1n) is 10.7. The zero-order valence-electron chi connectivity index (χ0n) is 18.1. The number of halogens is 3. The van der Waals surface area contributed by atoms with Crippen LogP contribution in [0.25, 0.3) is 0 Å². The number of hydrogen-bond acceptors (Lipinski definition) is 6. The molecule has 0 radical (unpaired) electrons. The third kappa shape index (κ3) is 5.14. The van der Waals surface area contributed by atoms with Crippen LogP contribution in [-0.4, -0.2) is 30.3 Å². The van der Waals surface area contributed by atoms with Crippen LogP contribution in [0.2, 0.25) is 0 Å². The van der Waals surface area contributed by atoms with Crippen molar-refractivity contribution in [3.8, 4) is 6.07 Å². The third-order valence-electron chi connectivity index (χ3n) is 5.43. The number of rotatable bonds is 6. The van der Waals surface area contributed by atoms with Gasteiger partial charge < -0.3 is 15.4 Å². The van der Waals surface area contributed by atoms with Crippen LogP contribution in [0, 0.1) is 11.3 Å². The van der Waals surface area contributed by atoms with E-state index in [1.807, 2.05) is 11.4 Å². The normalized spacial score (nSPS) is 15.7. The minimum Gasteiger partial charge on any atom is -0.463 e. The Bertz CT molecular complexity index is 1050. The van der Waals surface area contributed by atoms with E-state index in [2.05, 4.69) is 5.32 Å². The first-order chi connectivity index (χ1) is 15.7. The number of ether oxygens (including phenoxy) is 1. The predicted molar refractivity (Wildman–Crippen MR) is 118 cm³/mol. The van der Waals surface area contributed by atoms with Crippen molar-refractivity contribution in [2.24, 2.45) is 0 Å². The Morgan fingerprint density at radius 2 is 1.79 bits per heavy atom. The Morgan fingerprint density at radius 1 is 1.12 bits per heavy atom. The number of nitriles is 1. The number of carbonyl (C=O) groups excluding carboxylic acids is 2. The lowest BCUT2D eigenvalue weighted by atomic mass is 9.97. The number of aryl methyl sites for hydroxylation is 1. The molecule has 0 unspecified atom stereocenters. The monoisotopic (exact) mass is 479 g/mol. The van der Waals surface area contributed by atoms with E-state index < -0.39 is 23.7 Å². The molecule has 1 aromatic carbocycles. The first kappa shape index (κ1) is 24.6. The summed E-state index contributed by atoms with van der Waals surface area (Å²) in [6, 6.07) is 9.26. The molecule has 33 heavy (non-hydrogen) atoms. The van der Waals surface area contributed by atoms with Crippen LogP contribution in [0.4, 0.5) is 18.2 Å². The molecule has 1 heterocycles. The molecule has 1 aliphatic carbocycles. The molecule has 2 aromatic rings. The lowest BCUT2D eigenvalue weighted by Gasteiger charge is -2.35. The van der Waals surface area contributed by atoms with E-state index in [0.29, 0.717) is 18.4 Å². The third-order valence-corrected chi connectivity index (χ3v) is 6.64. The van der Waals surface area contributed by atoms with Crippen LogP contribution in [0.1, 0.15) is 59.0 Å². The number of benzene rings is 1. The minimum atomic E-state index is -5.27. The summed E-state index contributed by atoms with van der Waals surface area (Å²) in [4.78, 5) is 26.3. The summed E-state index contributed by atoms with van der Waals surface area (Å²) < 4.78 is 48.3. The van der Waals surface area contributed by atoms with E-state index in [4.69, 9.17) is 4.74 Å². The SMILES string of the molecule is CCOC(=O)[C@@](NC(=O)c1ccccc1)(Nc1sc2c(c1C#N)CCCCCC2)C(F)(F)F. The van der Waals surface area contributed by atoms with Crippen molar-refractivity contribution < 1.29 is 27.5 Å². The number of amides is 1. The van der Waals surface area contributed by atoms with E-state index in [0.717, 1.165) is 41.9 Å². The maximum atomic E-state index is 14.5. The molecule has 0 saturated carbocycles. The summed E-state index contributed by atoms with van der Waals surface area (Å²) in [6.07, 6.45) is -0.378. The number of fused-ring (bicyclic) bond motifs is 1. The predicted octanol–water partition coefficient (Wildman–Crippen LogP) is 4.94. The molecule has 1 aromatic heterocycles. The molecule has 0 fully saturated rings. The highest BCUT2D eigenvalue weighted by Gasteiger charge is 2.64. The maximum Gasteiger partial charge on any atom is 0.441 e. The van der Waals surface area contributed by atoms with Gasteiger partial charge in [-0.15, -0.1) is 11.3 Å². The molecule has 0 spiro atoms. The van der Waals surface area contributed by atoms with Gasteiger partial charge in [-0.25, -0.2) is 4.79 Å². The van der Waals surface area contributed by atoms with Gasteiger partial charge in [0.15, 0.2) is 0 Å². The van der Waals surface area contributed by atoms with Gasteiger partial charge in [0.25, 0.3) is 5.91 Å². The van der Waals surface area contributed by atoms with Crippen molar-refractivity contribution in [2.45, 2.75) is 57.3 Å². The van der Waals surface area contributed by atoms with Gasteiger partial charge >= 0.3 is 17.8 Å². The van der Waals surface area contributed by atoms with Gasteiger partial charge in [-0.1, -0.05) is 31.0 Å². The highest BCUT2D eigenvalue weighted by atomic mass is 32.1. The van der Waals surface area contributed by atoms with Crippen molar-refractivity contribution in [3.63, 3.8) is 0 Å². The zero-order chi connectivity index (χ0) is 24.1. The summed E-state index contributed by atoms with van der Waals surface area (Å²) in [6.45, 7) is 1.04. The molecule has 1 aliphatic rings. The van der Waals surface area contributed by atoms with Gasteiger partial charge in [0.1, 0.15) is 11.1 Å². The van der Waals surface area contributed by atoms with Crippen LogP contribution < -0.4 is 10.6 Å². The number of anilines is 1. The number of esters is 1. The highest BCUT2D eigenvalue weighted by Crippen LogP contribution is 2.41. The summed E-state index contributed by atoms with van der Waals surface area (Å²) in [5, 5.41) is 13.7. The topological polar surface area (TPSA) is 91.2 Å². The average Bonchev–Trinajstić information content (AvgIpc) is 3.08. The minimum absolute atomic E-state index is 0.0591. The van der Waals surface area contributed by atoms with Crippen molar-refractivity contribution >= 4 is 28.2 Å². The Balaban J connectivity index is 2.10. The number of alkyl halides is 3. The fraction of sp³-hybridized carbons (Fsp3) is 0.435. The van der Waals surface area contributed by atoms with Gasteiger partial charge in [0.2, 0.25) is 0 Å². The Hall–Kier alpha value is -3.06. The second-order valence-electron chi connectivity index (χ2n) is 7.65. The van der Waals surface area contributed by atoms with Gasteiger partial charge in [-0.05, 0) is 50.3 Å². The van der Waals surface area contributed by atoms with Crippen molar-refractivity contribution in [1.29, 1.82) is 5.26 Å². The van der Waals surface area contributed by atoms with Crippen LogP contribution in [-0.2, 0) is 22.4 Å². The van der Waals surface area contributed by atoms with E-state index in [9.17, 15) is 28.0 Å². The second kappa shape index (κ2) is 10.3. The average molecular weight is 480 g/mol. The number of thiophene rings is 1. The molecule has 6 nitrogen and oxygen atoms in total. The van der Waals surface area contributed by atoms with Gasteiger partial charge in [-0.3, -0.25) is 4.79 Å². The molecule has 176 valence electrons. The zero-order valence-corrected chi connectivity index (χ0v) is 18.9. The number of hydrogen-bond donors (Lipinski definition) is 2. The van der Waals surface area contributed by atoms with Crippen LogP contribution >= 0.6 is 11.3 Å². The smallest absolute Gasteiger partial charge is 0.441 e. The lowest BCUT2D eigenvalue weighted by Crippen LogP contribution is -2.69. The largest absolute Gasteiger partial charge is 0.463 e. The fourth-order valence-corrected chi connectivity index (χ4v) is 5.05. The molecule has 0 bridgehead atoms. The highest BCUT2D eigenvalue weighted by molar-refractivity contribution is 7.16. The van der Waals surface area contributed by atoms with E-state index in [-0.39, 0.29) is 22.7 Å². The fourth-order valence-electron chi connectivity index (χ4n) is 3.76. The molecule has 3 rings (SSSR count). The summed E-state index contributed by atoms with van der Waals surface area (Å²) >= 11 is 1.02. The van der Waals surface area contributed by atoms with Gasteiger partial charge in [0, 0.05) is 10.4 Å². The summed E-state index contributed by atoms with van der Waals surface area (Å²) in [5.74, 6) is -2.81. The first-order valence-corrected chi connectivity index (χ1v) is 11.5. The van der Waals surface area contributed by atoms with Gasteiger partial charge in [-0.2, -0.15) is 18.4 Å². The van der Waals surface area contributed by atoms with Crippen LogP contribution in [0.15, 0.2) is 30.3 Å². The number of nitrogens with one attached hydrogen (secondary N) is 2. The standard InChI is InChI=1S/C23H24F3N3O3S/c1-2-32-21(31)22(23(24,25)26,28-19(30)15-10-6-5-7-11-15)29-20-17(14-27)16-12-8-3-4-9-13-18(16)33-20/h5-7,10-11,29H,2-4,8-9,12-13H2,1H3,(H,28,30)/t22-/m1/s1. The molecule has 10 heteroatoms. The molecule has 1 amide bonds. The molecule has 0 saturated heterocycles. The van der Waals surface area contributed by atoms with Crippen molar-refractivity contribution in [1.82, 2.24) is 5.32 Å². The van der Waals surface area contributed by atoms with Crippen molar-refractivity contribution in [3.05, 3.63) is 51.9 Å². The van der Waals surface area contributed by atoms with Crippen molar-refractivity contribution in [2.75, 3.05) is 11.9 Å².